The Hall–Kier alpha value is -0.890. The molecule has 0 aliphatic carbocycles. The van der Waals surface area contributed by atoms with Gasteiger partial charge in [0.2, 0.25) is 0 Å². The lowest BCUT2D eigenvalue weighted by molar-refractivity contribution is 1.13. The zero-order chi connectivity index (χ0) is 11.1. The van der Waals surface area contributed by atoms with E-state index in [2.05, 4.69) is 26.1 Å². The van der Waals surface area contributed by atoms with Gasteiger partial charge in [0.05, 0.1) is 0 Å². The van der Waals surface area contributed by atoms with E-state index in [0.29, 0.717) is 0 Å². The summed E-state index contributed by atoms with van der Waals surface area (Å²) in [5, 5.41) is 0. The summed E-state index contributed by atoms with van der Waals surface area (Å²) in [6.07, 6.45) is 1.03. The molecule has 1 aromatic carbocycles. The summed E-state index contributed by atoms with van der Waals surface area (Å²) in [6, 6.07) is 5.93. The Balaban J connectivity index is 0.000000364. The molecule has 0 aromatic heterocycles. The third-order valence-electron chi connectivity index (χ3n) is 1.50. The van der Waals surface area contributed by atoms with E-state index in [0.717, 1.165) is 17.0 Å². The summed E-state index contributed by atoms with van der Waals surface area (Å²) in [5.74, 6) is 0. The number of allylic oxidation sites excluding steroid dienone is 1. The maximum atomic E-state index is 5.62. The van der Waals surface area contributed by atoms with Crippen LogP contribution in [-0.4, -0.2) is 0 Å². The smallest absolute Gasteiger partial charge is 0.0452 e. The molecule has 2 N–H and O–H groups in total. The Morgan fingerprint density at radius 2 is 1.93 bits per heavy atom. The minimum atomic E-state index is 0.766. The highest BCUT2D eigenvalue weighted by Gasteiger charge is 1.93. The minimum Gasteiger partial charge on any atom is -0.398 e. The summed E-state index contributed by atoms with van der Waals surface area (Å²) in [6.45, 7) is 9.60. The SMILES string of the molecule is C=C(C)C.CCc1ccc(S)c(N)c1. The van der Waals surface area contributed by atoms with Gasteiger partial charge in [0, 0.05) is 10.6 Å². The largest absolute Gasteiger partial charge is 0.398 e. The van der Waals surface area contributed by atoms with E-state index < -0.39 is 0 Å². The molecular weight excluding hydrogens is 190 g/mol. The van der Waals surface area contributed by atoms with Gasteiger partial charge in [-0.15, -0.1) is 19.2 Å². The Morgan fingerprint density at radius 1 is 1.43 bits per heavy atom. The zero-order valence-corrected chi connectivity index (χ0v) is 10.1. The number of nitrogens with two attached hydrogens (primary N) is 1. The number of hydrogen-bond acceptors (Lipinski definition) is 2. The lowest BCUT2D eigenvalue weighted by Crippen LogP contribution is -1.88. The Bertz CT molecular complexity index is 301. The molecule has 78 valence electrons. The molecule has 0 unspecified atom stereocenters. The van der Waals surface area contributed by atoms with Crippen molar-refractivity contribution in [3.63, 3.8) is 0 Å². The number of thiol groups is 1. The molecule has 0 atom stereocenters. The van der Waals surface area contributed by atoms with E-state index in [1.165, 1.54) is 11.1 Å². The fourth-order valence-corrected chi connectivity index (χ4v) is 0.963. The van der Waals surface area contributed by atoms with Crippen molar-refractivity contribution < 1.29 is 0 Å². The first-order valence-electron chi connectivity index (χ1n) is 4.66. The third kappa shape index (κ3) is 5.70. The molecule has 1 aromatic rings. The lowest BCUT2D eigenvalue weighted by atomic mass is 10.1. The van der Waals surface area contributed by atoms with Gasteiger partial charge in [-0.25, -0.2) is 0 Å². The van der Waals surface area contributed by atoms with E-state index >= 15 is 0 Å². The van der Waals surface area contributed by atoms with Crippen molar-refractivity contribution in [2.24, 2.45) is 0 Å². The van der Waals surface area contributed by atoms with Gasteiger partial charge in [0.15, 0.2) is 0 Å². The minimum absolute atomic E-state index is 0.766. The number of rotatable bonds is 1. The van der Waals surface area contributed by atoms with E-state index in [1.807, 2.05) is 32.0 Å². The van der Waals surface area contributed by atoms with Crippen LogP contribution >= 0.6 is 12.6 Å². The normalized spacial score (nSPS) is 8.86. The molecule has 2 heteroatoms. The molecule has 1 rings (SSSR count). The molecule has 0 amide bonds. The second-order valence-electron chi connectivity index (χ2n) is 3.45. The van der Waals surface area contributed by atoms with Crippen LogP contribution in [0.2, 0.25) is 0 Å². The van der Waals surface area contributed by atoms with Crippen molar-refractivity contribution in [2.75, 3.05) is 5.73 Å². The van der Waals surface area contributed by atoms with Crippen molar-refractivity contribution in [1.82, 2.24) is 0 Å². The maximum Gasteiger partial charge on any atom is 0.0452 e. The number of anilines is 1. The van der Waals surface area contributed by atoms with Crippen LogP contribution in [0.4, 0.5) is 5.69 Å². The molecule has 0 aliphatic rings. The molecular formula is C12H19NS. The van der Waals surface area contributed by atoms with E-state index in [9.17, 15) is 0 Å². The van der Waals surface area contributed by atoms with Gasteiger partial charge in [-0.3, -0.25) is 0 Å². The molecule has 1 nitrogen and oxygen atoms in total. The van der Waals surface area contributed by atoms with Gasteiger partial charge in [-0.1, -0.05) is 18.6 Å². The first-order valence-corrected chi connectivity index (χ1v) is 5.11. The summed E-state index contributed by atoms with van der Waals surface area (Å²) in [7, 11) is 0. The first-order chi connectivity index (χ1) is 6.47. The number of nitrogen functional groups attached to an aromatic ring is 1. The molecule has 0 saturated carbocycles. The Kier molecular flexibility index (Phi) is 6.13. The predicted octanol–water partition coefficient (Wildman–Crippen LogP) is 3.70. The first kappa shape index (κ1) is 13.1. The number of benzene rings is 1. The molecule has 0 bridgehead atoms. The van der Waals surface area contributed by atoms with Crippen LogP contribution in [-0.2, 0) is 6.42 Å². The van der Waals surface area contributed by atoms with Crippen molar-refractivity contribution in [2.45, 2.75) is 32.1 Å². The van der Waals surface area contributed by atoms with Crippen LogP contribution in [0.1, 0.15) is 26.3 Å². The van der Waals surface area contributed by atoms with Crippen LogP contribution in [0.3, 0.4) is 0 Å². The van der Waals surface area contributed by atoms with E-state index in [4.69, 9.17) is 5.73 Å². The highest BCUT2D eigenvalue weighted by atomic mass is 32.1. The second kappa shape index (κ2) is 6.55. The number of aryl methyl sites for hydroxylation is 1. The van der Waals surface area contributed by atoms with Crippen LogP contribution in [0.5, 0.6) is 0 Å². The van der Waals surface area contributed by atoms with Crippen molar-refractivity contribution in [3.8, 4) is 0 Å². The second-order valence-corrected chi connectivity index (χ2v) is 3.94. The van der Waals surface area contributed by atoms with Crippen LogP contribution < -0.4 is 5.73 Å². The van der Waals surface area contributed by atoms with E-state index in [-0.39, 0.29) is 0 Å². The summed E-state index contributed by atoms with van der Waals surface area (Å²) in [5.41, 5.74) is 8.81. The maximum absolute atomic E-state index is 5.62. The summed E-state index contributed by atoms with van der Waals surface area (Å²) < 4.78 is 0. The molecule has 0 radical (unpaired) electrons. The highest BCUT2D eigenvalue weighted by molar-refractivity contribution is 7.80. The summed E-state index contributed by atoms with van der Waals surface area (Å²) in [4.78, 5) is 0.859. The van der Waals surface area contributed by atoms with Crippen LogP contribution in [0, 0.1) is 0 Å². The molecule has 0 aliphatic heterocycles. The topological polar surface area (TPSA) is 26.0 Å². The van der Waals surface area contributed by atoms with Gasteiger partial charge >= 0.3 is 0 Å². The van der Waals surface area contributed by atoms with Crippen LogP contribution in [0.15, 0.2) is 35.2 Å². The molecule has 0 saturated heterocycles. The molecule has 0 spiro atoms. The molecule has 14 heavy (non-hydrogen) atoms. The standard InChI is InChI=1S/C8H11NS.C4H8/c1-2-6-3-4-8(10)7(9)5-6;1-4(2)3/h3-5,10H,2,9H2,1H3;1H2,2-3H3. The Labute approximate surface area is 92.4 Å². The van der Waals surface area contributed by atoms with Gasteiger partial charge in [-0.2, -0.15) is 0 Å². The van der Waals surface area contributed by atoms with Gasteiger partial charge in [-0.05, 0) is 38.0 Å². The van der Waals surface area contributed by atoms with Crippen molar-refractivity contribution >= 4 is 18.3 Å². The van der Waals surface area contributed by atoms with Gasteiger partial charge < -0.3 is 5.73 Å². The van der Waals surface area contributed by atoms with Crippen LogP contribution in [0.25, 0.3) is 0 Å². The zero-order valence-electron chi connectivity index (χ0n) is 9.17. The predicted molar refractivity (Wildman–Crippen MR) is 68.0 cm³/mol. The average Bonchev–Trinajstić information content (AvgIpc) is 2.09. The quantitative estimate of drug-likeness (QED) is 0.412. The third-order valence-corrected chi connectivity index (χ3v) is 1.91. The van der Waals surface area contributed by atoms with Gasteiger partial charge in [0.1, 0.15) is 0 Å². The Morgan fingerprint density at radius 3 is 2.29 bits per heavy atom. The average molecular weight is 209 g/mol. The van der Waals surface area contributed by atoms with Gasteiger partial charge in [0.25, 0.3) is 0 Å². The fraction of sp³-hybridized carbons (Fsp3) is 0.333. The van der Waals surface area contributed by atoms with Crippen molar-refractivity contribution in [1.29, 1.82) is 0 Å². The lowest BCUT2D eigenvalue weighted by Gasteiger charge is -2.00. The molecule has 0 fully saturated rings. The fourth-order valence-electron chi connectivity index (χ4n) is 0.824. The summed E-state index contributed by atoms with van der Waals surface area (Å²) >= 11 is 4.16. The highest BCUT2D eigenvalue weighted by Crippen LogP contribution is 2.17. The number of hydrogen-bond donors (Lipinski definition) is 2. The van der Waals surface area contributed by atoms with E-state index in [1.54, 1.807) is 0 Å². The molecule has 0 heterocycles. The monoisotopic (exact) mass is 209 g/mol. The van der Waals surface area contributed by atoms with Crippen molar-refractivity contribution in [3.05, 3.63) is 35.9 Å².